The highest BCUT2D eigenvalue weighted by Gasteiger charge is 2.33. The molecule has 0 saturated heterocycles. The lowest BCUT2D eigenvalue weighted by atomic mass is 9.80. The Kier molecular flexibility index (Phi) is 2.92. The second-order valence-corrected chi connectivity index (χ2v) is 5.25. The standard InChI is InChI=1S/C12H23N/c1-9-5-3-4-6-11(9)8-13-12-7-10(12)2/h9-13H,3-8H2,1-2H3. The molecule has 1 N–H and O–H groups in total. The van der Waals surface area contributed by atoms with Gasteiger partial charge in [-0.2, -0.15) is 0 Å². The Morgan fingerprint density at radius 1 is 1.08 bits per heavy atom. The predicted octanol–water partition coefficient (Wildman–Crippen LogP) is 2.81. The maximum absolute atomic E-state index is 3.71. The SMILES string of the molecule is CC1CCCCC1CNC1CC1C. The van der Waals surface area contributed by atoms with Gasteiger partial charge in [0.1, 0.15) is 0 Å². The molecule has 0 heterocycles. The highest BCUT2D eigenvalue weighted by molar-refractivity contribution is 4.90. The van der Waals surface area contributed by atoms with Gasteiger partial charge in [-0.25, -0.2) is 0 Å². The monoisotopic (exact) mass is 181 g/mol. The van der Waals surface area contributed by atoms with Crippen LogP contribution in [0.15, 0.2) is 0 Å². The molecule has 76 valence electrons. The Hall–Kier alpha value is -0.0400. The first-order valence-corrected chi connectivity index (χ1v) is 6.00. The van der Waals surface area contributed by atoms with Crippen molar-refractivity contribution in [2.24, 2.45) is 17.8 Å². The highest BCUT2D eigenvalue weighted by Crippen LogP contribution is 2.32. The first-order chi connectivity index (χ1) is 6.27. The lowest BCUT2D eigenvalue weighted by Crippen LogP contribution is -2.31. The van der Waals surface area contributed by atoms with E-state index in [0.717, 1.165) is 23.8 Å². The third-order valence-corrected chi connectivity index (χ3v) is 4.04. The molecule has 0 aromatic heterocycles. The van der Waals surface area contributed by atoms with E-state index < -0.39 is 0 Å². The third kappa shape index (κ3) is 2.46. The van der Waals surface area contributed by atoms with Gasteiger partial charge in [0.15, 0.2) is 0 Å². The maximum Gasteiger partial charge on any atom is 0.00965 e. The lowest BCUT2D eigenvalue weighted by molar-refractivity contribution is 0.247. The molecule has 2 saturated carbocycles. The fourth-order valence-corrected chi connectivity index (χ4v) is 2.61. The van der Waals surface area contributed by atoms with Gasteiger partial charge in [0.2, 0.25) is 0 Å². The average molecular weight is 181 g/mol. The van der Waals surface area contributed by atoms with Gasteiger partial charge in [-0.1, -0.05) is 33.1 Å². The van der Waals surface area contributed by atoms with Crippen LogP contribution in [0.2, 0.25) is 0 Å². The van der Waals surface area contributed by atoms with Crippen LogP contribution in [0.3, 0.4) is 0 Å². The molecule has 0 spiro atoms. The Bertz CT molecular complexity index is 167. The lowest BCUT2D eigenvalue weighted by Gasteiger charge is -2.28. The van der Waals surface area contributed by atoms with E-state index in [-0.39, 0.29) is 0 Å². The van der Waals surface area contributed by atoms with Crippen LogP contribution in [0.5, 0.6) is 0 Å². The third-order valence-electron chi connectivity index (χ3n) is 4.04. The minimum Gasteiger partial charge on any atom is -0.313 e. The van der Waals surface area contributed by atoms with Crippen molar-refractivity contribution in [3.05, 3.63) is 0 Å². The minimum atomic E-state index is 0.870. The fraction of sp³-hybridized carbons (Fsp3) is 1.00. The summed E-state index contributed by atoms with van der Waals surface area (Å²) in [5, 5.41) is 3.71. The average Bonchev–Trinajstić information content (AvgIpc) is 2.81. The molecule has 2 aliphatic rings. The van der Waals surface area contributed by atoms with E-state index in [0.29, 0.717) is 0 Å². The fourth-order valence-electron chi connectivity index (χ4n) is 2.61. The summed E-state index contributed by atoms with van der Waals surface area (Å²) >= 11 is 0. The number of nitrogens with one attached hydrogen (secondary N) is 1. The second kappa shape index (κ2) is 4.00. The molecule has 0 amide bonds. The van der Waals surface area contributed by atoms with Crippen molar-refractivity contribution < 1.29 is 0 Å². The van der Waals surface area contributed by atoms with Crippen LogP contribution < -0.4 is 5.32 Å². The summed E-state index contributed by atoms with van der Waals surface area (Å²) in [5.41, 5.74) is 0. The molecule has 1 heteroatoms. The maximum atomic E-state index is 3.71. The van der Waals surface area contributed by atoms with E-state index in [2.05, 4.69) is 19.2 Å². The van der Waals surface area contributed by atoms with E-state index in [1.165, 1.54) is 38.6 Å². The normalized spacial score (nSPS) is 44.8. The van der Waals surface area contributed by atoms with Gasteiger partial charge in [-0.3, -0.25) is 0 Å². The summed E-state index contributed by atoms with van der Waals surface area (Å²) in [4.78, 5) is 0. The molecule has 2 aliphatic carbocycles. The van der Waals surface area contributed by atoms with Gasteiger partial charge in [-0.05, 0) is 37.1 Å². The molecular weight excluding hydrogens is 158 g/mol. The molecule has 2 rings (SSSR count). The largest absolute Gasteiger partial charge is 0.313 e. The molecule has 0 aliphatic heterocycles. The molecule has 0 aromatic rings. The molecule has 4 atom stereocenters. The number of rotatable bonds is 3. The van der Waals surface area contributed by atoms with Gasteiger partial charge in [-0.15, -0.1) is 0 Å². The smallest absolute Gasteiger partial charge is 0.00965 e. The van der Waals surface area contributed by atoms with Gasteiger partial charge >= 0.3 is 0 Å². The van der Waals surface area contributed by atoms with Crippen LogP contribution in [0.25, 0.3) is 0 Å². The summed E-state index contributed by atoms with van der Waals surface area (Å²) in [7, 11) is 0. The molecule has 4 unspecified atom stereocenters. The summed E-state index contributed by atoms with van der Waals surface area (Å²) in [6.45, 7) is 6.07. The molecule has 0 bridgehead atoms. The minimum absolute atomic E-state index is 0.870. The number of hydrogen-bond donors (Lipinski definition) is 1. The van der Waals surface area contributed by atoms with Crippen molar-refractivity contribution in [3.8, 4) is 0 Å². The quantitative estimate of drug-likeness (QED) is 0.706. The second-order valence-electron chi connectivity index (χ2n) is 5.25. The van der Waals surface area contributed by atoms with Gasteiger partial charge in [0.05, 0.1) is 0 Å². The first-order valence-electron chi connectivity index (χ1n) is 6.00. The van der Waals surface area contributed by atoms with Crippen LogP contribution >= 0.6 is 0 Å². The van der Waals surface area contributed by atoms with Crippen LogP contribution in [0, 0.1) is 17.8 Å². The zero-order chi connectivity index (χ0) is 9.26. The van der Waals surface area contributed by atoms with Crippen molar-refractivity contribution in [3.63, 3.8) is 0 Å². The predicted molar refractivity (Wildman–Crippen MR) is 56.7 cm³/mol. The highest BCUT2D eigenvalue weighted by atomic mass is 15.0. The summed E-state index contributed by atoms with van der Waals surface area (Å²) in [6.07, 6.45) is 7.29. The van der Waals surface area contributed by atoms with Gasteiger partial charge in [0, 0.05) is 6.04 Å². The number of hydrogen-bond acceptors (Lipinski definition) is 1. The molecule has 1 nitrogen and oxygen atoms in total. The summed E-state index contributed by atoms with van der Waals surface area (Å²) in [6, 6.07) is 0.870. The zero-order valence-corrected chi connectivity index (χ0v) is 9.05. The molecule has 0 aromatic carbocycles. The van der Waals surface area contributed by atoms with Crippen molar-refractivity contribution in [1.82, 2.24) is 5.32 Å². The Morgan fingerprint density at radius 2 is 1.77 bits per heavy atom. The van der Waals surface area contributed by atoms with E-state index in [9.17, 15) is 0 Å². The van der Waals surface area contributed by atoms with Crippen molar-refractivity contribution >= 4 is 0 Å². The van der Waals surface area contributed by atoms with Crippen molar-refractivity contribution in [2.75, 3.05) is 6.54 Å². The van der Waals surface area contributed by atoms with Crippen LogP contribution in [-0.2, 0) is 0 Å². The zero-order valence-electron chi connectivity index (χ0n) is 9.05. The topological polar surface area (TPSA) is 12.0 Å². The summed E-state index contributed by atoms with van der Waals surface area (Å²) in [5.74, 6) is 2.90. The molecule has 0 radical (unpaired) electrons. The van der Waals surface area contributed by atoms with E-state index in [1.807, 2.05) is 0 Å². The Morgan fingerprint density at radius 3 is 2.38 bits per heavy atom. The Balaban J connectivity index is 1.67. The van der Waals surface area contributed by atoms with Crippen LogP contribution in [0.1, 0.15) is 46.0 Å². The van der Waals surface area contributed by atoms with E-state index in [1.54, 1.807) is 0 Å². The van der Waals surface area contributed by atoms with E-state index in [4.69, 9.17) is 0 Å². The molecule has 2 fully saturated rings. The van der Waals surface area contributed by atoms with Crippen LogP contribution in [-0.4, -0.2) is 12.6 Å². The van der Waals surface area contributed by atoms with Gasteiger partial charge in [0.25, 0.3) is 0 Å². The Labute approximate surface area is 82.3 Å². The molecular formula is C12H23N. The molecule has 13 heavy (non-hydrogen) atoms. The van der Waals surface area contributed by atoms with Crippen LogP contribution in [0.4, 0.5) is 0 Å². The van der Waals surface area contributed by atoms with Crippen molar-refractivity contribution in [1.29, 1.82) is 0 Å². The first kappa shape index (κ1) is 9.51. The van der Waals surface area contributed by atoms with Gasteiger partial charge < -0.3 is 5.32 Å². The van der Waals surface area contributed by atoms with Crippen molar-refractivity contribution in [2.45, 2.75) is 52.0 Å². The summed E-state index contributed by atoms with van der Waals surface area (Å²) < 4.78 is 0. The van der Waals surface area contributed by atoms with E-state index >= 15 is 0 Å².